The predicted octanol–water partition coefficient (Wildman–Crippen LogP) is 1.56. The van der Waals surface area contributed by atoms with Gasteiger partial charge in [0.25, 0.3) is 0 Å². The van der Waals surface area contributed by atoms with E-state index >= 15 is 0 Å². The van der Waals surface area contributed by atoms with E-state index in [0.29, 0.717) is 18.6 Å². The maximum absolute atomic E-state index is 11.0. The molecule has 0 amide bonds. The van der Waals surface area contributed by atoms with Crippen molar-refractivity contribution in [3.8, 4) is 0 Å². The number of carbonyl (C=O) groups is 1. The van der Waals surface area contributed by atoms with Crippen LogP contribution in [0.15, 0.2) is 18.3 Å². The lowest BCUT2D eigenvalue weighted by Gasteiger charge is -2.11. The summed E-state index contributed by atoms with van der Waals surface area (Å²) in [5.41, 5.74) is 2.22. The number of fused-ring (bicyclic) bond motifs is 1. The van der Waals surface area contributed by atoms with Crippen molar-refractivity contribution < 1.29 is 4.79 Å². The molecular weight excluding hydrogens is 174 g/mol. The molecule has 0 atom stereocenters. The van der Waals surface area contributed by atoms with Gasteiger partial charge in [-0.15, -0.1) is 12.4 Å². The third kappa shape index (κ3) is 1.64. The molecule has 2 nitrogen and oxygen atoms in total. The highest BCUT2D eigenvalue weighted by Crippen LogP contribution is 2.15. The maximum Gasteiger partial charge on any atom is 0.139 e. The number of aryl methyl sites for hydroxylation is 1. The van der Waals surface area contributed by atoms with Gasteiger partial charge < -0.3 is 0 Å². The van der Waals surface area contributed by atoms with Crippen LogP contribution < -0.4 is 0 Å². The molecule has 1 aliphatic carbocycles. The number of Topliss-reactive ketones (excluding diaryl/α,β-unsaturated/α-hetero) is 1. The molecule has 0 unspecified atom stereocenters. The van der Waals surface area contributed by atoms with Crippen LogP contribution in [-0.2, 0) is 17.6 Å². The first-order chi connectivity index (χ1) is 5.36. The first kappa shape index (κ1) is 9.20. The van der Waals surface area contributed by atoms with E-state index in [1.807, 2.05) is 6.07 Å². The van der Waals surface area contributed by atoms with Crippen LogP contribution in [0.4, 0.5) is 0 Å². The summed E-state index contributed by atoms with van der Waals surface area (Å²) in [6, 6.07) is 3.98. The zero-order chi connectivity index (χ0) is 7.68. The van der Waals surface area contributed by atoms with Crippen LogP contribution >= 0.6 is 12.4 Å². The minimum atomic E-state index is 0. The van der Waals surface area contributed by atoms with Gasteiger partial charge in [0.15, 0.2) is 0 Å². The molecule has 0 aliphatic heterocycles. The van der Waals surface area contributed by atoms with Gasteiger partial charge in [-0.25, -0.2) is 0 Å². The second-order valence-corrected chi connectivity index (χ2v) is 2.82. The topological polar surface area (TPSA) is 30.0 Å². The van der Waals surface area contributed by atoms with E-state index < -0.39 is 0 Å². The Morgan fingerprint density at radius 1 is 1.33 bits per heavy atom. The molecule has 1 heterocycles. The van der Waals surface area contributed by atoms with Crippen molar-refractivity contribution in [2.75, 3.05) is 0 Å². The predicted molar refractivity (Wildman–Crippen MR) is 48.5 cm³/mol. The molecule has 12 heavy (non-hydrogen) atoms. The Morgan fingerprint density at radius 3 is 3.00 bits per heavy atom. The second-order valence-electron chi connectivity index (χ2n) is 2.82. The smallest absolute Gasteiger partial charge is 0.139 e. The molecule has 0 saturated carbocycles. The summed E-state index contributed by atoms with van der Waals surface area (Å²) >= 11 is 0. The Hall–Kier alpha value is -0.890. The molecule has 0 N–H and O–H groups in total. The monoisotopic (exact) mass is 183 g/mol. The Labute approximate surface area is 77.4 Å². The van der Waals surface area contributed by atoms with Crippen molar-refractivity contribution in [1.29, 1.82) is 0 Å². The molecular formula is C9H10ClNO. The lowest BCUT2D eigenvalue weighted by molar-refractivity contribution is -0.118. The van der Waals surface area contributed by atoms with Gasteiger partial charge in [0.1, 0.15) is 5.78 Å². The summed E-state index contributed by atoms with van der Waals surface area (Å²) in [5.74, 6) is 0.316. The number of hydrogen-bond donors (Lipinski definition) is 0. The third-order valence-corrected chi connectivity index (χ3v) is 2.02. The van der Waals surface area contributed by atoms with Crippen LogP contribution in [0.25, 0.3) is 0 Å². The van der Waals surface area contributed by atoms with Crippen LogP contribution in [0, 0.1) is 0 Å². The largest absolute Gasteiger partial charge is 0.299 e. The van der Waals surface area contributed by atoms with Crippen LogP contribution in [0.1, 0.15) is 17.7 Å². The molecule has 0 fully saturated rings. The van der Waals surface area contributed by atoms with Gasteiger partial charge in [-0.2, -0.15) is 0 Å². The zero-order valence-corrected chi connectivity index (χ0v) is 7.43. The van der Waals surface area contributed by atoms with Crippen molar-refractivity contribution in [1.82, 2.24) is 4.98 Å². The van der Waals surface area contributed by atoms with Crippen LogP contribution in [-0.4, -0.2) is 10.8 Å². The van der Waals surface area contributed by atoms with Crippen molar-refractivity contribution in [3.05, 3.63) is 29.6 Å². The molecule has 0 bridgehead atoms. The lowest BCUT2D eigenvalue weighted by Crippen LogP contribution is -2.14. The molecule has 0 saturated heterocycles. The molecule has 3 heteroatoms. The number of hydrogen-bond acceptors (Lipinski definition) is 2. The zero-order valence-electron chi connectivity index (χ0n) is 6.62. The number of aromatic nitrogens is 1. The quantitative estimate of drug-likeness (QED) is 0.611. The van der Waals surface area contributed by atoms with Gasteiger partial charge in [-0.3, -0.25) is 9.78 Å². The summed E-state index contributed by atoms with van der Waals surface area (Å²) in [7, 11) is 0. The van der Waals surface area contributed by atoms with Crippen LogP contribution in [0.3, 0.4) is 0 Å². The number of nitrogens with zero attached hydrogens (tertiary/aromatic N) is 1. The van der Waals surface area contributed by atoms with E-state index in [9.17, 15) is 4.79 Å². The Morgan fingerprint density at radius 2 is 2.17 bits per heavy atom. The molecule has 0 aromatic carbocycles. The molecule has 2 rings (SSSR count). The van der Waals surface area contributed by atoms with E-state index in [-0.39, 0.29) is 12.4 Å². The number of carbonyl (C=O) groups excluding carboxylic acids is 1. The van der Waals surface area contributed by atoms with E-state index in [0.717, 1.165) is 12.1 Å². The minimum absolute atomic E-state index is 0. The second kappa shape index (κ2) is 3.68. The number of rotatable bonds is 0. The average Bonchev–Trinajstić information content (AvgIpc) is 2.04. The number of halogens is 1. The Kier molecular flexibility index (Phi) is 2.82. The normalized spacial score (nSPS) is 14.8. The van der Waals surface area contributed by atoms with Crippen molar-refractivity contribution in [2.45, 2.75) is 19.3 Å². The number of ketones is 1. The Bertz CT molecular complexity index is 298. The van der Waals surface area contributed by atoms with Crippen molar-refractivity contribution in [3.63, 3.8) is 0 Å². The van der Waals surface area contributed by atoms with E-state index in [1.165, 1.54) is 5.56 Å². The lowest BCUT2D eigenvalue weighted by atomic mass is 9.95. The summed E-state index contributed by atoms with van der Waals surface area (Å²) in [6.07, 6.45) is 3.86. The Balaban J connectivity index is 0.000000720. The van der Waals surface area contributed by atoms with Gasteiger partial charge in [0, 0.05) is 19.0 Å². The molecule has 64 valence electrons. The summed E-state index contributed by atoms with van der Waals surface area (Å²) in [6.45, 7) is 0. The molecule has 1 aromatic rings. The molecule has 1 aliphatic rings. The molecule has 1 aromatic heterocycles. The van der Waals surface area contributed by atoms with E-state index in [1.54, 1.807) is 6.20 Å². The third-order valence-electron chi connectivity index (χ3n) is 2.02. The highest BCUT2D eigenvalue weighted by molar-refractivity contribution is 5.85. The summed E-state index contributed by atoms with van der Waals surface area (Å²) < 4.78 is 0. The SMILES string of the molecule is Cl.O=C1CCc2cccnc2C1. The fourth-order valence-electron chi connectivity index (χ4n) is 1.41. The molecule has 0 spiro atoms. The fraction of sp³-hybridized carbons (Fsp3) is 0.333. The van der Waals surface area contributed by atoms with Crippen molar-refractivity contribution in [2.24, 2.45) is 0 Å². The van der Waals surface area contributed by atoms with Crippen LogP contribution in [0.5, 0.6) is 0 Å². The average molecular weight is 184 g/mol. The summed E-state index contributed by atoms with van der Waals surface area (Å²) in [5, 5.41) is 0. The highest BCUT2D eigenvalue weighted by atomic mass is 35.5. The number of pyridine rings is 1. The first-order valence-electron chi connectivity index (χ1n) is 3.81. The molecule has 0 radical (unpaired) electrons. The van der Waals surface area contributed by atoms with Crippen molar-refractivity contribution >= 4 is 18.2 Å². The fourth-order valence-corrected chi connectivity index (χ4v) is 1.41. The van der Waals surface area contributed by atoms with Gasteiger partial charge in [-0.1, -0.05) is 6.07 Å². The van der Waals surface area contributed by atoms with E-state index in [2.05, 4.69) is 11.1 Å². The minimum Gasteiger partial charge on any atom is -0.299 e. The van der Waals surface area contributed by atoms with Gasteiger partial charge >= 0.3 is 0 Å². The standard InChI is InChI=1S/C9H9NO.ClH/c11-8-4-3-7-2-1-5-10-9(7)6-8;/h1-2,5H,3-4,6H2;1H. The summed E-state index contributed by atoms with van der Waals surface area (Å²) in [4.78, 5) is 15.1. The highest BCUT2D eigenvalue weighted by Gasteiger charge is 2.14. The van der Waals surface area contributed by atoms with E-state index in [4.69, 9.17) is 0 Å². The van der Waals surface area contributed by atoms with Gasteiger partial charge in [-0.05, 0) is 18.1 Å². The van der Waals surface area contributed by atoms with Crippen LogP contribution in [0.2, 0.25) is 0 Å². The van der Waals surface area contributed by atoms with Gasteiger partial charge in [0.05, 0.1) is 5.69 Å². The first-order valence-corrected chi connectivity index (χ1v) is 3.81. The van der Waals surface area contributed by atoms with Gasteiger partial charge in [0.2, 0.25) is 0 Å². The maximum atomic E-state index is 11.0.